The van der Waals surface area contributed by atoms with Crippen LogP contribution in [0.4, 0.5) is 5.69 Å². The van der Waals surface area contributed by atoms with Crippen molar-refractivity contribution in [3.8, 4) is 6.07 Å². The third-order valence-electron chi connectivity index (χ3n) is 3.74. The molecular weight excluding hydrogens is 310 g/mol. The first-order valence-electron chi connectivity index (χ1n) is 7.45. The molecule has 0 bridgehead atoms. The summed E-state index contributed by atoms with van der Waals surface area (Å²) < 4.78 is 1.98. The largest absolute Gasteiger partial charge is 0.325 e. The van der Waals surface area contributed by atoms with Crippen molar-refractivity contribution in [3.63, 3.8) is 0 Å². The van der Waals surface area contributed by atoms with E-state index in [4.69, 9.17) is 5.26 Å². The number of hydrogen-bond acceptors (Lipinski definition) is 5. The van der Waals surface area contributed by atoms with Gasteiger partial charge in [-0.3, -0.25) is 4.79 Å². The van der Waals surface area contributed by atoms with E-state index >= 15 is 0 Å². The van der Waals surface area contributed by atoms with E-state index in [1.54, 1.807) is 24.3 Å². The van der Waals surface area contributed by atoms with E-state index in [1.807, 2.05) is 18.5 Å². The van der Waals surface area contributed by atoms with Crippen molar-refractivity contribution < 1.29 is 4.79 Å². The van der Waals surface area contributed by atoms with Gasteiger partial charge in [-0.25, -0.2) is 0 Å². The van der Waals surface area contributed by atoms with Crippen LogP contribution in [0.5, 0.6) is 0 Å². The second-order valence-electron chi connectivity index (χ2n) is 5.61. The Kier molecular flexibility index (Phi) is 4.35. The molecule has 1 aliphatic carbocycles. The number of rotatable bonds is 5. The summed E-state index contributed by atoms with van der Waals surface area (Å²) in [5.41, 5.74) is 1.25. The highest BCUT2D eigenvalue weighted by Crippen LogP contribution is 2.39. The van der Waals surface area contributed by atoms with Crippen LogP contribution in [0.2, 0.25) is 0 Å². The van der Waals surface area contributed by atoms with Gasteiger partial charge in [0.25, 0.3) is 0 Å². The zero-order chi connectivity index (χ0) is 16.4. The predicted molar refractivity (Wildman–Crippen MR) is 88.1 cm³/mol. The molecule has 23 heavy (non-hydrogen) atoms. The number of carbonyl (C=O) groups excluding carboxylic acids is 1. The zero-order valence-corrected chi connectivity index (χ0v) is 13.8. The Balaban J connectivity index is 1.62. The number of nitriles is 1. The fourth-order valence-corrected chi connectivity index (χ4v) is 3.03. The molecule has 2 aromatic rings. The van der Waals surface area contributed by atoms with Crippen LogP contribution in [0.3, 0.4) is 0 Å². The van der Waals surface area contributed by atoms with Crippen molar-refractivity contribution in [2.45, 2.75) is 36.1 Å². The lowest BCUT2D eigenvalue weighted by Crippen LogP contribution is -2.22. The maximum Gasteiger partial charge on any atom is 0.237 e. The maximum absolute atomic E-state index is 12.3. The average Bonchev–Trinajstić information content (AvgIpc) is 3.33. The smallest absolute Gasteiger partial charge is 0.237 e. The number of carbonyl (C=O) groups is 1. The minimum absolute atomic E-state index is 0.101. The molecular formula is C16H17N5OS. The summed E-state index contributed by atoms with van der Waals surface area (Å²) in [6, 6.07) is 8.86. The molecule has 1 fully saturated rings. The number of thioether (sulfide) groups is 1. The Labute approximate surface area is 138 Å². The number of amides is 1. The highest BCUT2D eigenvalue weighted by molar-refractivity contribution is 8.00. The molecule has 1 aliphatic rings. The number of hydrogen-bond donors (Lipinski definition) is 1. The van der Waals surface area contributed by atoms with Gasteiger partial charge in [0.05, 0.1) is 16.9 Å². The van der Waals surface area contributed by atoms with E-state index in [0.717, 1.165) is 11.0 Å². The van der Waals surface area contributed by atoms with E-state index in [-0.39, 0.29) is 11.2 Å². The summed E-state index contributed by atoms with van der Waals surface area (Å²) in [5.74, 6) is 1.44. The van der Waals surface area contributed by atoms with Crippen molar-refractivity contribution in [2.75, 3.05) is 5.32 Å². The van der Waals surface area contributed by atoms with Gasteiger partial charge >= 0.3 is 0 Å². The number of benzene rings is 1. The normalized spacial score (nSPS) is 15.0. The van der Waals surface area contributed by atoms with Crippen LogP contribution in [0.1, 0.15) is 37.1 Å². The van der Waals surface area contributed by atoms with Crippen LogP contribution >= 0.6 is 11.8 Å². The Morgan fingerprint density at radius 3 is 2.70 bits per heavy atom. The van der Waals surface area contributed by atoms with E-state index in [0.29, 0.717) is 17.2 Å². The van der Waals surface area contributed by atoms with E-state index in [1.165, 1.54) is 24.6 Å². The summed E-state index contributed by atoms with van der Waals surface area (Å²) >= 11 is 1.40. The lowest BCUT2D eigenvalue weighted by Gasteiger charge is -2.11. The van der Waals surface area contributed by atoms with Gasteiger partial charge in [-0.2, -0.15) is 5.26 Å². The standard InChI is InChI=1S/C16H17N5OS/c1-10(15(22)18-13-7-3-11(9-17)4-8-13)23-16-20-19-14(21(16)2)12-5-6-12/h3-4,7-8,10,12H,5-6H2,1-2H3,(H,18,22)/t10-/m0/s1. The monoisotopic (exact) mass is 327 g/mol. The van der Waals surface area contributed by atoms with Crippen LogP contribution in [-0.4, -0.2) is 25.9 Å². The van der Waals surface area contributed by atoms with Gasteiger partial charge in [-0.15, -0.1) is 10.2 Å². The van der Waals surface area contributed by atoms with E-state index < -0.39 is 0 Å². The fourth-order valence-electron chi connectivity index (χ4n) is 2.21. The Morgan fingerprint density at radius 2 is 2.09 bits per heavy atom. The molecule has 6 nitrogen and oxygen atoms in total. The Hall–Kier alpha value is -2.33. The van der Waals surface area contributed by atoms with Gasteiger partial charge in [-0.05, 0) is 44.0 Å². The fraction of sp³-hybridized carbons (Fsp3) is 0.375. The molecule has 0 aliphatic heterocycles. The molecule has 1 atom stereocenters. The average molecular weight is 327 g/mol. The SMILES string of the molecule is C[C@H](Sc1nnc(C2CC2)n1C)C(=O)Nc1ccc(C#N)cc1. The zero-order valence-electron chi connectivity index (χ0n) is 13.0. The molecule has 1 saturated carbocycles. The summed E-state index contributed by atoms with van der Waals surface area (Å²) in [6.07, 6.45) is 2.34. The molecule has 1 heterocycles. The summed E-state index contributed by atoms with van der Waals surface area (Å²) in [4.78, 5) is 12.3. The van der Waals surface area contributed by atoms with Crippen molar-refractivity contribution in [1.29, 1.82) is 5.26 Å². The molecule has 0 unspecified atom stereocenters. The second-order valence-corrected chi connectivity index (χ2v) is 6.92. The van der Waals surface area contributed by atoms with Crippen molar-refractivity contribution in [1.82, 2.24) is 14.8 Å². The Morgan fingerprint density at radius 1 is 1.39 bits per heavy atom. The number of aromatic nitrogens is 3. The predicted octanol–water partition coefficient (Wildman–Crippen LogP) is 2.68. The third kappa shape index (κ3) is 3.54. The van der Waals surface area contributed by atoms with Crippen LogP contribution < -0.4 is 5.32 Å². The van der Waals surface area contributed by atoms with E-state index in [2.05, 4.69) is 21.6 Å². The maximum atomic E-state index is 12.3. The second kappa shape index (κ2) is 6.42. The molecule has 1 aromatic carbocycles. The first-order valence-corrected chi connectivity index (χ1v) is 8.33. The van der Waals surface area contributed by atoms with Gasteiger partial charge in [0.1, 0.15) is 5.82 Å². The lowest BCUT2D eigenvalue weighted by atomic mass is 10.2. The van der Waals surface area contributed by atoms with Crippen molar-refractivity contribution >= 4 is 23.4 Å². The van der Waals surface area contributed by atoms with Gasteiger partial charge in [0, 0.05) is 18.7 Å². The van der Waals surface area contributed by atoms with Crippen LogP contribution in [0.15, 0.2) is 29.4 Å². The van der Waals surface area contributed by atoms with E-state index in [9.17, 15) is 4.79 Å². The Bertz CT molecular complexity index is 758. The van der Waals surface area contributed by atoms with Crippen LogP contribution in [-0.2, 0) is 11.8 Å². The molecule has 1 N–H and O–H groups in total. The molecule has 0 radical (unpaired) electrons. The van der Waals surface area contributed by atoms with Crippen molar-refractivity contribution in [3.05, 3.63) is 35.7 Å². The van der Waals surface area contributed by atoms with Crippen molar-refractivity contribution in [2.24, 2.45) is 7.05 Å². The first kappa shape index (κ1) is 15.6. The lowest BCUT2D eigenvalue weighted by molar-refractivity contribution is -0.115. The van der Waals surface area contributed by atoms with Gasteiger partial charge in [0.2, 0.25) is 5.91 Å². The third-order valence-corrected chi connectivity index (χ3v) is 4.88. The summed E-state index contributed by atoms with van der Waals surface area (Å²) in [6.45, 7) is 1.84. The highest BCUT2D eigenvalue weighted by atomic mass is 32.2. The first-order chi connectivity index (χ1) is 11.1. The molecule has 0 spiro atoms. The minimum atomic E-state index is -0.291. The number of nitrogens with one attached hydrogen (secondary N) is 1. The van der Waals surface area contributed by atoms with Gasteiger partial charge in [-0.1, -0.05) is 11.8 Å². The number of nitrogens with zero attached hydrogens (tertiary/aromatic N) is 4. The van der Waals surface area contributed by atoms with Crippen LogP contribution in [0, 0.1) is 11.3 Å². The molecule has 1 aromatic heterocycles. The molecule has 0 saturated heterocycles. The summed E-state index contributed by atoms with van der Waals surface area (Å²) in [5, 5.41) is 20.5. The van der Waals surface area contributed by atoms with Gasteiger partial charge in [0.15, 0.2) is 5.16 Å². The molecule has 3 rings (SSSR count). The van der Waals surface area contributed by atoms with Crippen LogP contribution in [0.25, 0.3) is 0 Å². The molecule has 118 valence electrons. The number of anilines is 1. The molecule has 7 heteroatoms. The summed E-state index contributed by atoms with van der Waals surface area (Å²) in [7, 11) is 1.95. The molecule has 1 amide bonds. The topological polar surface area (TPSA) is 83.6 Å². The quantitative estimate of drug-likeness (QED) is 0.854. The van der Waals surface area contributed by atoms with Gasteiger partial charge < -0.3 is 9.88 Å². The minimum Gasteiger partial charge on any atom is -0.325 e. The highest BCUT2D eigenvalue weighted by Gasteiger charge is 2.30.